The summed E-state index contributed by atoms with van der Waals surface area (Å²) in [6, 6.07) is 5.52. The van der Waals surface area contributed by atoms with Gasteiger partial charge in [0.1, 0.15) is 0 Å². The Bertz CT molecular complexity index is 643. The Balaban J connectivity index is 1.94. The molecule has 106 valence electrons. The Kier molecular flexibility index (Phi) is 4.91. The summed E-state index contributed by atoms with van der Waals surface area (Å²) in [7, 11) is 0. The summed E-state index contributed by atoms with van der Waals surface area (Å²) in [5.41, 5.74) is 8.16. The lowest BCUT2D eigenvalue weighted by Gasteiger charge is -2.07. The predicted octanol–water partition coefficient (Wildman–Crippen LogP) is 3.73. The zero-order valence-corrected chi connectivity index (χ0v) is 13.5. The molecule has 0 spiro atoms. The van der Waals surface area contributed by atoms with Crippen molar-refractivity contribution < 1.29 is 4.79 Å². The highest BCUT2D eigenvalue weighted by Gasteiger charge is 2.10. The number of thiazole rings is 1. The van der Waals surface area contributed by atoms with Crippen LogP contribution in [0.25, 0.3) is 0 Å². The topological polar surface area (TPSA) is 68.0 Å². The first-order chi connectivity index (χ1) is 9.45. The van der Waals surface area contributed by atoms with Crippen LogP contribution in [0.5, 0.6) is 0 Å². The van der Waals surface area contributed by atoms with E-state index in [1.54, 1.807) is 6.07 Å². The number of carbonyl (C=O) groups is 1. The smallest absolute Gasteiger partial charge is 0.234 e. The minimum atomic E-state index is -0.105. The van der Waals surface area contributed by atoms with Crippen LogP contribution >= 0.6 is 34.7 Å². The molecule has 0 atom stereocenters. The second-order valence-electron chi connectivity index (χ2n) is 4.25. The average Bonchev–Trinajstić information content (AvgIpc) is 2.69. The van der Waals surface area contributed by atoms with Crippen LogP contribution in [0.4, 0.5) is 10.8 Å². The molecule has 7 heteroatoms. The van der Waals surface area contributed by atoms with Gasteiger partial charge in [-0.3, -0.25) is 4.79 Å². The Morgan fingerprint density at radius 1 is 1.50 bits per heavy atom. The van der Waals surface area contributed by atoms with Gasteiger partial charge in [0.15, 0.2) is 5.13 Å². The number of benzene rings is 1. The predicted molar refractivity (Wildman–Crippen MR) is 86.8 cm³/mol. The number of nitrogens with two attached hydrogens (primary N) is 1. The van der Waals surface area contributed by atoms with Crippen LogP contribution in [-0.2, 0) is 4.79 Å². The normalized spacial score (nSPS) is 10.6. The molecule has 1 amide bonds. The van der Waals surface area contributed by atoms with Crippen LogP contribution in [0.3, 0.4) is 0 Å². The number of nitrogen functional groups attached to an aromatic ring is 1. The third kappa shape index (κ3) is 3.88. The summed E-state index contributed by atoms with van der Waals surface area (Å²) < 4.78 is 0.965. The van der Waals surface area contributed by atoms with Crippen LogP contribution in [0.2, 0.25) is 5.02 Å². The molecule has 2 aromatic rings. The van der Waals surface area contributed by atoms with E-state index in [2.05, 4.69) is 10.3 Å². The molecule has 1 heterocycles. The van der Waals surface area contributed by atoms with Gasteiger partial charge < -0.3 is 11.1 Å². The maximum absolute atomic E-state index is 11.9. The van der Waals surface area contributed by atoms with Crippen molar-refractivity contribution in [1.82, 2.24) is 4.98 Å². The summed E-state index contributed by atoms with van der Waals surface area (Å²) in [5, 5.41) is 3.86. The molecule has 0 saturated carbocycles. The molecule has 0 unspecified atom stereocenters. The molecular weight excluding hydrogens is 314 g/mol. The number of amides is 1. The standard InChI is InChI=1S/C13H14ClN3OS2/c1-7-3-4-10(9(14)5-7)17-11(18)6-19-12-8(2)16-13(15)20-12/h3-5H,6H2,1-2H3,(H2,15,16)(H,17,18). The SMILES string of the molecule is Cc1ccc(NC(=O)CSc2sc(N)nc2C)c(Cl)c1. The fourth-order valence-electron chi connectivity index (χ4n) is 1.58. The lowest BCUT2D eigenvalue weighted by Crippen LogP contribution is -2.14. The van der Waals surface area contributed by atoms with E-state index in [0.29, 0.717) is 21.6 Å². The molecule has 0 fully saturated rings. The van der Waals surface area contributed by atoms with Crippen LogP contribution in [-0.4, -0.2) is 16.6 Å². The van der Waals surface area contributed by atoms with E-state index in [1.807, 2.05) is 26.0 Å². The van der Waals surface area contributed by atoms with E-state index in [-0.39, 0.29) is 5.91 Å². The Hall–Kier alpha value is -1.24. The van der Waals surface area contributed by atoms with Gasteiger partial charge in [0.25, 0.3) is 0 Å². The zero-order valence-electron chi connectivity index (χ0n) is 11.1. The van der Waals surface area contributed by atoms with Gasteiger partial charge in [-0.25, -0.2) is 4.98 Å². The summed E-state index contributed by atoms with van der Waals surface area (Å²) in [6.45, 7) is 3.83. The summed E-state index contributed by atoms with van der Waals surface area (Å²) in [5.74, 6) is 0.194. The highest BCUT2D eigenvalue weighted by Crippen LogP contribution is 2.30. The van der Waals surface area contributed by atoms with Crippen LogP contribution in [0.1, 0.15) is 11.3 Å². The molecule has 4 nitrogen and oxygen atoms in total. The van der Waals surface area contributed by atoms with Gasteiger partial charge in [-0.2, -0.15) is 0 Å². The van der Waals surface area contributed by atoms with Gasteiger partial charge in [-0.05, 0) is 31.5 Å². The number of hydrogen-bond donors (Lipinski definition) is 2. The number of anilines is 2. The molecule has 3 N–H and O–H groups in total. The molecule has 0 aliphatic heterocycles. The maximum Gasteiger partial charge on any atom is 0.234 e. The third-order valence-corrected chi connectivity index (χ3v) is 5.17. The Morgan fingerprint density at radius 2 is 2.25 bits per heavy atom. The van der Waals surface area contributed by atoms with Gasteiger partial charge in [-0.15, -0.1) is 11.8 Å². The van der Waals surface area contributed by atoms with E-state index in [1.165, 1.54) is 23.1 Å². The second kappa shape index (κ2) is 6.47. The first-order valence-electron chi connectivity index (χ1n) is 5.87. The number of hydrogen-bond acceptors (Lipinski definition) is 5. The minimum Gasteiger partial charge on any atom is -0.375 e. The minimum absolute atomic E-state index is 0.105. The van der Waals surface area contributed by atoms with Crippen LogP contribution in [0, 0.1) is 13.8 Å². The van der Waals surface area contributed by atoms with Gasteiger partial charge in [0.2, 0.25) is 5.91 Å². The lowest BCUT2D eigenvalue weighted by molar-refractivity contribution is -0.113. The fourth-order valence-corrected chi connectivity index (χ4v) is 3.68. The van der Waals surface area contributed by atoms with Gasteiger partial charge >= 0.3 is 0 Å². The zero-order chi connectivity index (χ0) is 14.7. The number of thioether (sulfide) groups is 1. The number of nitrogens with one attached hydrogen (secondary N) is 1. The number of rotatable bonds is 4. The van der Waals surface area contributed by atoms with Gasteiger partial charge in [0.05, 0.1) is 26.4 Å². The van der Waals surface area contributed by atoms with E-state index in [9.17, 15) is 4.79 Å². The van der Waals surface area contributed by atoms with Crippen LogP contribution in [0.15, 0.2) is 22.4 Å². The van der Waals surface area contributed by atoms with E-state index in [4.69, 9.17) is 17.3 Å². The summed E-state index contributed by atoms with van der Waals surface area (Å²) in [6.07, 6.45) is 0. The first kappa shape index (κ1) is 15.2. The lowest BCUT2D eigenvalue weighted by atomic mass is 10.2. The molecule has 2 rings (SSSR count). The van der Waals surface area contributed by atoms with E-state index >= 15 is 0 Å². The molecule has 0 saturated heterocycles. The number of halogens is 1. The molecule has 0 bridgehead atoms. The van der Waals surface area contributed by atoms with Crippen molar-refractivity contribution in [2.75, 3.05) is 16.8 Å². The fraction of sp³-hybridized carbons (Fsp3) is 0.231. The number of nitrogens with zero attached hydrogens (tertiary/aromatic N) is 1. The molecule has 20 heavy (non-hydrogen) atoms. The van der Waals surface area contributed by atoms with Crippen molar-refractivity contribution in [3.63, 3.8) is 0 Å². The van der Waals surface area contributed by atoms with Gasteiger partial charge in [-0.1, -0.05) is 29.0 Å². The van der Waals surface area contributed by atoms with Crippen molar-refractivity contribution in [1.29, 1.82) is 0 Å². The van der Waals surface area contributed by atoms with Crippen molar-refractivity contribution in [2.45, 2.75) is 18.1 Å². The maximum atomic E-state index is 11.9. The third-order valence-electron chi connectivity index (χ3n) is 2.50. The monoisotopic (exact) mass is 327 g/mol. The molecule has 1 aromatic heterocycles. The summed E-state index contributed by atoms with van der Waals surface area (Å²) in [4.78, 5) is 16.0. The highest BCUT2D eigenvalue weighted by atomic mass is 35.5. The molecular formula is C13H14ClN3OS2. The highest BCUT2D eigenvalue weighted by molar-refractivity contribution is 8.01. The van der Waals surface area contributed by atoms with E-state index in [0.717, 1.165) is 15.5 Å². The Labute approximate surface area is 130 Å². The number of aromatic nitrogens is 1. The first-order valence-corrected chi connectivity index (χ1v) is 8.05. The number of carbonyl (C=O) groups excluding carboxylic acids is 1. The van der Waals surface area contributed by atoms with Crippen LogP contribution < -0.4 is 11.1 Å². The quantitative estimate of drug-likeness (QED) is 0.840. The number of aryl methyl sites for hydroxylation is 2. The average molecular weight is 328 g/mol. The Morgan fingerprint density at radius 3 is 2.85 bits per heavy atom. The van der Waals surface area contributed by atoms with Crippen molar-refractivity contribution in [3.8, 4) is 0 Å². The molecule has 1 aromatic carbocycles. The molecule has 0 aliphatic rings. The van der Waals surface area contributed by atoms with E-state index < -0.39 is 0 Å². The van der Waals surface area contributed by atoms with Crippen molar-refractivity contribution >= 4 is 51.4 Å². The molecule has 0 aliphatic carbocycles. The second-order valence-corrected chi connectivity index (χ2v) is 6.93. The van der Waals surface area contributed by atoms with Gasteiger partial charge in [0, 0.05) is 0 Å². The largest absolute Gasteiger partial charge is 0.375 e. The molecule has 0 radical (unpaired) electrons. The van der Waals surface area contributed by atoms with Crippen molar-refractivity contribution in [2.24, 2.45) is 0 Å². The van der Waals surface area contributed by atoms with Crippen molar-refractivity contribution in [3.05, 3.63) is 34.5 Å². The summed E-state index contributed by atoms with van der Waals surface area (Å²) >= 11 is 8.89.